The predicted octanol–water partition coefficient (Wildman–Crippen LogP) is 2.84. The summed E-state index contributed by atoms with van der Waals surface area (Å²) in [6, 6.07) is 14.2. The van der Waals surface area contributed by atoms with E-state index >= 15 is 0 Å². The summed E-state index contributed by atoms with van der Waals surface area (Å²) in [5, 5.41) is 1.47. The van der Waals surface area contributed by atoms with Crippen molar-refractivity contribution in [3.8, 4) is 0 Å². The van der Waals surface area contributed by atoms with E-state index in [1.54, 1.807) is 42.5 Å². The van der Waals surface area contributed by atoms with Gasteiger partial charge < -0.3 is 9.64 Å². The third-order valence-corrected chi connectivity index (χ3v) is 5.55. The topological polar surface area (TPSA) is 80.8 Å². The third kappa shape index (κ3) is 4.75. The van der Waals surface area contributed by atoms with Gasteiger partial charge in [0.1, 0.15) is 0 Å². The molecule has 6 nitrogen and oxygen atoms in total. The number of para-hydroxylation sites is 1. The van der Waals surface area contributed by atoms with E-state index in [-0.39, 0.29) is 11.3 Å². The number of hydrogen-bond donors (Lipinski definition) is 0. The molecule has 0 spiro atoms. The van der Waals surface area contributed by atoms with Crippen molar-refractivity contribution >= 4 is 39.0 Å². The van der Waals surface area contributed by atoms with Gasteiger partial charge in [0.2, 0.25) is 0 Å². The van der Waals surface area contributed by atoms with Crippen LogP contribution in [0.4, 0.5) is 5.69 Å². The monoisotopic (exact) mass is 405 g/mol. The molecule has 140 valence electrons. The van der Waals surface area contributed by atoms with Gasteiger partial charge in [0.05, 0.1) is 17.4 Å². The molecule has 1 aliphatic rings. The van der Waals surface area contributed by atoms with Crippen LogP contribution in [0.2, 0.25) is 5.02 Å². The predicted molar refractivity (Wildman–Crippen MR) is 102 cm³/mol. The van der Waals surface area contributed by atoms with Crippen molar-refractivity contribution in [1.82, 2.24) is 0 Å². The van der Waals surface area contributed by atoms with Gasteiger partial charge in [0.15, 0.2) is 16.4 Å². The van der Waals surface area contributed by atoms with Crippen LogP contribution in [0, 0.1) is 0 Å². The lowest BCUT2D eigenvalue weighted by molar-refractivity contribution is -0.121. The molecular weight excluding hydrogens is 390 g/mol. The second-order valence-corrected chi connectivity index (χ2v) is 8.28. The molecule has 0 radical (unpaired) electrons. The number of nitrogens with zero attached hydrogens (tertiary/aromatic N) is 1. The van der Waals surface area contributed by atoms with Crippen LogP contribution in [0.3, 0.4) is 0 Å². The van der Waals surface area contributed by atoms with E-state index in [9.17, 15) is 18.0 Å². The van der Waals surface area contributed by atoms with E-state index in [0.717, 1.165) is 5.41 Å². The molecule has 0 fully saturated rings. The molecule has 2 aromatic rings. The van der Waals surface area contributed by atoms with Crippen LogP contribution in [-0.2, 0) is 19.4 Å². The number of rotatable bonds is 5. The summed E-state index contributed by atoms with van der Waals surface area (Å²) >= 11 is 5.85. The molecule has 2 aromatic carbocycles. The number of carbonyl (C=O) groups excluding carboxylic acids is 2. The quantitative estimate of drug-likeness (QED) is 0.714. The number of ether oxygens (including phenoxy) is 1. The lowest BCUT2D eigenvalue weighted by atomic mass is 10.2. The van der Waals surface area contributed by atoms with Crippen molar-refractivity contribution in [1.29, 1.82) is 0 Å². The van der Waals surface area contributed by atoms with Gasteiger partial charge in [-0.3, -0.25) is 4.79 Å². The summed E-state index contributed by atoms with van der Waals surface area (Å²) in [5.41, 5.74) is 0.748. The Hall–Kier alpha value is -2.64. The highest BCUT2D eigenvalue weighted by molar-refractivity contribution is 7.94. The third-order valence-electron chi connectivity index (χ3n) is 3.93. The molecule has 0 bridgehead atoms. The largest absolute Gasteiger partial charge is 0.452 e. The van der Waals surface area contributed by atoms with Crippen molar-refractivity contribution in [2.24, 2.45) is 0 Å². The van der Waals surface area contributed by atoms with Crippen molar-refractivity contribution in [2.45, 2.75) is 6.04 Å². The second kappa shape index (κ2) is 7.94. The van der Waals surface area contributed by atoms with Gasteiger partial charge in [-0.2, -0.15) is 0 Å². The summed E-state index contributed by atoms with van der Waals surface area (Å²) in [7, 11) is -3.36. The van der Waals surface area contributed by atoms with Crippen molar-refractivity contribution in [3.63, 3.8) is 0 Å². The smallest absolute Gasteiger partial charge is 0.338 e. The Kier molecular flexibility index (Phi) is 5.62. The van der Waals surface area contributed by atoms with Gasteiger partial charge in [0, 0.05) is 16.1 Å². The molecule has 1 atom stereocenters. The molecule has 8 heteroatoms. The van der Waals surface area contributed by atoms with E-state index in [1.807, 2.05) is 0 Å². The molecule has 0 aliphatic carbocycles. The van der Waals surface area contributed by atoms with E-state index in [0.29, 0.717) is 10.7 Å². The molecule has 0 unspecified atom stereocenters. The van der Waals surface area contributed by atoms with Gasteiger partial charge in [-0.15, -0.1) is 0 Å². The summed E-state index contributed by atoms with van der Waals surface area (Å²) in [6.45, 7) is -0.523. The molecule has 1 amide bonds. The minimum absolute atomic E-state index is 0.212. The van der Waals surface area contributed by atoms with Gasteiger partial charge in [0.25, 0.3) is 5.91 Å². The maximum absolute atomic E-state index is 12.7. The van der Waals surface area contributed by atoms with E-state index in [4.69, 9.17) is 16.3 Å². The van der Waals surface area contributed by atoms with Crippen LogP contribution in [0.25, 0.3) is 0 Å². The average molecular weight is 406 g/mol. The number of carbonyl (C=O) groups is 2. The fourth-order valence-electron chi connectivity index (χ4n) is 2.72. The Morgan fingerprint density at radius 1 is 1.11 bits per heavy atom. The summed E-state index contributed by atoms with van der Waals surface area (Å²) in [6.07, 6.45) is 1.46. The summed E-state index contributed by atoms with van der Waals surface area (Å²) in [4.78, 5) is 26.2. The minimum atomic E-state index is -3.36. The first-order chi connectivity index (χ1) is 12.9. The molecule has 1 heterocycles. The number of sulfone groups is 1. The maximum atomic E-state index is 12.7. The molecule has 27 heavy (non-hydrogen) atoms. The first-order valence-electron chi connectivity index (χ1n) is 8.06. The first kappa shape index (κ1) is 19.1. The number of anilines is 1. The van der Waals surface area contributed by atoms with Crippen LogP contribution in [0.5, 0.6) is 0 Å². The van der Waals surface area contributed by atoms with Crippen molar-refractivity contribution < 1.29 is 22.7 Å². The minimum Gasteiger partial charge on any atom is -0.452 e. The lowest BCUT2D eigenvalue weighted by Crippen LogP contribution is -2.43. The van der Waals surface area contributed by atoms with E-state index in [1.165, 1.54) is 23.1 Å². The van der Waals surface area contributed by atoms with Crippen molar-refractivity contribution in [3.05, 3.63) is 76.7 Å². The number of halogens is 1. The zero-order valence-corrected chi connectivity index (χ0v) is 15.7. The highest BCUT2D eigenvalue weighted by atomic mass is 35.5. The highest BCUT2D eigenvalue weighted by Crippen LogP contribution is 2.23. The van der Waals surface area contributed by atoms with Gasteiger partial charge >= 0.3 is 5.97 Å². The number of hydrogen-bond acceptors (Lipinski definition) is 5. The van der Waals surface area contributed by atoms with Gasteiger partial charge in [-0.25, -0.2) is 13.2 Å². The Balaban J connectivity index is 1.76. The van der Waals surface area contributed by atoms with Crippen LogP contribution in [0.15, 0.2) is 66.1 Å². The molecule has 0 saturated heterocycles. The first-order valence-corrected chi connectivity index (χ1v) is 10.2. The van der Waals surface area contributed by atoms with Crippen LogP contribution < -0.4 is 4.90 Å². The van der Waals surface area contributed by atoms with Gasteiger partial charge in [-0.05, 0) is 36.4 Å². The fraction of sp³-hybridized carbons (Fsp3) is 0.158. The Bertz CT molecular complexity index is 988. The molecule has 0 saturated carbocycles. The van der Waals surface area contributed by atoms with Crippen LogP contribution >= 0.6 is 11.6 Å². The Morgan fingerprint density at radius 2 is 1.85 bits per heavy atom. The van der Waals surface area contributed by atoms with Gasteiger partial charge in [-0.1, -0.05) is 35.9 Å². The maximum Gasteiger partial charge on any atom is 0.338 e. The molecule has 3 rings (SSSR count). The zero-order chi connectivity index (χ0) is 19.4. The number of benzene rings is 2. The standard InChI is InChI=1S/C19H16ClNO5S/c20-15-6-4-5-14(11-15)19(23)26-12-18(22)21(16-7-2-1-3-8-16)17-9-10-27(24,25)13-17/h1-11,17H,12-13H2/t17-/m1/s1. The fourth-order valence-corrected chi connectivity index (χ4v) is 4.18. The highest BCUT2D eigenvalue weighted by Gasteiger charge is 2.31. The SMILES string of the molecule is O=C(OCC(=O)N(c1ccccc1)[C@@H]1C=CS(=O)(=O)C1)c1cccc(Cl)c1. The average Bonchev–Trinajstić information content (AvgIpc) is 3.00. The normalized spacial score (nSPS) is 17.4. The molecular formula is C19H16ClNO5S. The van der Waals surface area contributed by atoms with E-state index < -0.39 is 34.4 Å². The summed E-state index contributed by atoms with van der Waals surface area (Å²) < 4.78 is 28.6. The molecule has 0 aromatic heterocycles. The van der Waals surface area contributed by atoms with Crippen LogP contribution in [0.1, 0.15) is 10.4 Å². The number of esters is 1. The molecule has 1 aliphatic heterocycles. The van der Waals surface area contributed by atoms with Crippen molar-refractivity contribution in [2.75, 3.05) is 17.3 Å². The summed E-state index contributed by atoms with van der Waals surface area (Å²) in [5.74, 6) is -1.42. The second-order valence-electron chi connectivity index (χ2n) is 5.91. The Labute approximate surface area is 161 Å². The Morgan fingerprint density at radius 3 is 2.48 bits per heavy atom. The van der Waals surface area contributed by atoms with Crippen LogP contribution in [-0.4, -0.2) is 38.7 Å². The zero-order valence-electron chi connectivity index (χ0n) is 14.1. The molecule has 0 N–H and O–H groups in total. The van der Waals surface area contributed by atoms with E-state index in [2.05, 4.69) is 0 Å². The number of amides is 1. The lowest BCUT2D eigenvalue weighted by Gasteiger charge is -2.27.